The average Bonchev–Trinajstić information content (AvgIpc) is 3.54. The number of rotatable bonds is 3. The third-order valence-corrected chi connectivity index (χ3v) is 6.93. The van der Waals surface area contributed by atoms with Gasteiger partial charge < -0.3 is 15.2 Å². The molecular weight excluding hydrogens is 384 g/mol. The zero-order valence-electron chi connectivity index (χ0n) is 18.2. The van der Waals surface area contributed by atoms with Crippen LogP contribution in [0.15, 0.2) is 43.0 Å². The standard InChI is InChI=1S/C25H28N6/c1-16-11-27-25-22(16)10-18(12-28-25)17-8-19-14-31(20-13-29-30(2)15-20)7-5-21(19)23(9-17)24-4-3-6-26-24/h8-13,15,24,26H,3-7,14H2,1-2H3,(H,27,28)/t24-/m0/s1. The van der Waals surface area contributed by atoms with Gasteiger partial charge in [-0.05, 0) is 78.7 Å². The molecule has 3 aromatic heterocycles. The molecule has 1 saturated heterocycles. The van der Waals surface area contributed by atoms with E-state index in [1.165, 1.54) is 57.3 Å². The molecule has 1 fully saturated rings. The lowest BCUT2D eigenvalue weighted by atomic mass is 9.86. The molecule has 4 aromatic rings. The number of aromatic nitrogens is 4. The molecule has 0 radical (unpaired) electrons. The number of aryl methyl sites for hydroxylation is 2. The van der Waals surface area contributed by atoms with E-state index in [4.69, 9.17) is 4.98 Å². The highest BCUT2D eigenvalue weighted by Gasteiger charge is 2.26. The van der Waals surface area contributed by atoms with Crippen molar-refractivity contribution < 1.29 is 0 Å². The van der Waals surface area contributed by atoms with Crippen molar-refractivity contribution in [2.24, 2.45) is 7.05 Å². The van der Waals surface area contributed by atoms with Gasteiger partial charge in [-0.1, -0.05) is 0 Å². The third-order valence-electron chi connectivity index (χ3n) is 6.93. The summed E-state index contributed by atoms with van der Waals surface area (Å²) in [6, 6.07) is 7.56. The minimum Gasteiger partial charge on any atom is -0.364 e. The molecule has 1 atom stereocenters. The van der Waals surface area contributed by atoms with Crippen molar-refractivity contribution in [2.45, 2.75) is 38.8 Å². The van der Waals surface area contributed by atoms with Crippen molar-refractivity contribution in [3.05, 3.63) is 65.2 Å². The molecule has 0 unspecified atom stereocenters. The first-order chi connectivity index (χ1) is 15.2. The Morgan fingerprint density at radius 1 is 1.13 bits per heavy atom. The van der Waals surface area contributed by atoms with Gasteiger partial charge in [0.2, 0.25) is 0 Å². The Morgan fingerprint density at radius 3 is 2.87 bits per heavy atom. The van der Waals surface area contributed by atoms with Gasteiger partial charge in [0.25, 0.3) is 0 Å². The summed E-state index contributed by atoms with van der Waals surface area (Å²) in [5, 5.41) is 9.32. The second-order valence-electron chi connectivity index (χ2n) is 8.99. The Morgan fingerprint density at radius 2 is 2.06 bits per heavy atom. The van der Waals surface area contributed by atoms with Gasteiger partial charge >= 0.3 is 0 Å². The van der Waals surface area contributed by atoms with Crippen molar-refractivity contribution in [2.75, 3.05) is 18.0 Å². The summed E-state index contributed by atoms with van der Waals surface area (Å²) in [5.41, 5.74) is 10.3. The molecule has 0 amide bonds. The first-order valence-electron chi connectivity index (χ1n) is 11.2. The molecule has 0 spiro atoms. The minimum atomic E-state index is 0.462. The molecule has 0 bridgehead atoms. The molecule has 158 valence electrons. The topological polar surface area (TPSA) is 61.8 Å². The number of benzene rings is 1. The van der Waals surface area contributed by atoms with E-state index >= 15 is 0 Å². The molecule has 1 aromatic carbocycles. The van der Waals surface area contributed by atoms with Crippen LogP contribution < -0.4 is 10.2 Å². The van der Waals surface area contributed by atoms with Crippen molar-refractivity contribution in [3.8, 4) is 11.1 Å². The predicted octanol–water partition coefficient (Wildman–Crippen LogP) is 4.26. The summed E-state index contributed by atoms with van der Waals surface area (Å²) in [7, 11) is 1.98. The quantitative estimate of drug-likeness (QED) is 0.528. The van der Waals surface area contributed by atoms with Gasteiger partial charge in [-0.2, -0.15) is 5.10 Å². The van der Waals surface area contributed by atoms with Gasteiger partial charge in [0, 0.05) is 55.7 Å². The van der Waals surface area contributed by atoms with E-state index in [2.05, 4.69) is 51.6 Å². The molecule has 2 aliphatic rings. The van der Waals surface area contributed by atoms with Crippen LogP contribution in [0.2, 0.25) is 0 Å². The maximum Gasteiger partial charge on any atom is 0.137 e. The van der Waals surface area contributed by atoms with Crippen molar-refractivity contribution >= 4 is 16.7 Å². The molecule has 31 heavy (non-hydrogen) atoms. The molecule has 6 nitrogen and oxygen atoms in total. The SMILES string of the molecule is Cc1c[nH]c2ncc(-c3cc4c(c([C@@H]5CCCN5)c3)CCN(c3cnn(C)c3)C4)cc12. The normalized spacial score (nSPS) is 18.6. The lowest BCUT2D eigenvalue weighted by Crippen LogP contribution is -2.31. The average molecular weight is 413 g/mol. The number of aromatic amines is 1. The molecule has 2 N–H and O–H groups in total. The van der Waals surface area contributed by atoms with Gasteiger partial charge in [0.15, 0.2) is 0 Å². The van der Waals surface area contributed by atoms with Crippen molar-refractivity contribution in [1.82, 2.24) is 25.1 Å². The third kappa shape index (κ3) is 3.22. The molecule has 6 heteroatoms. The fraction of sp³-hybridized carbons (Fsp3) is 0.360. The molecule has 6 rings (SSSR count). The summed E-state index contributed by atoms with van der Waals surface area (Å²) in [6.07, 6.45) is 11.7. The smallest absolute Gasteiger partial charge is 0.137 e. The van der Waals surface area contributed by atoms with E-state index in [0.29, 0.717) is 6.04 Å². The van der Waals surface area contributed by atoms with E-state index in [9.17, 15) is 0 Å². The van der Waals surface area contributed by atoms with Crippen molar-refractivity contribution in [1.29, 1.82) is 0 Å². The van der Waals surface area contributed by atoms with Gasteiger partial charge in [0.1, 0.15) is 5.65 Å². The zero-order valence-corrected chi connectivity index (χ0v) is 18.2. The van der Waals surface area contributed by atoms with Gasteiger partial charge in [-0.25, -0.2) is 4.98 Å². The number of pyridine rings is 1. The van der Waals surface area contributed by atoms with E-state index in [-0.39, 0.29) is 0 Å². The Labute approximate surface area is 182 Å². The summed E-state index contributed by atoms with van der Waals surface area (Å²) >= 11 is 0. The summed E-state index contributed by atoms with van der Waals surface area (Å²) in [5.74, 6) is 0. The highest BCUT2D eigenvalue weighted by atomic mass is 15.3. The van der Waals surface area contributed by atoms with Crippen LogP contribution in [0.25, 0.3) is 22.2 Å². The fourth-order valence-corrected chi connectivity index (χ4v) is 5.25. The van der Waals surface area contributed by atoms with Gasteiger partial charge in [-0.15, -0.1) is 0 Å². The molecule has 0 aliphatic carbocycles. The molecule has 5 heterocycles. The van der Waals surface area contributed by atoms with Crippen LogP contribution >= 0.6 is 0 Å². The Kier molecular flexibility index (Phi) is 4.35. The predicted molar refractivity (Wildman–Crippen MR) is 124 cm³/mol. The lowest BCUT2D eigenvalue weighted by Gasteiger charge is -2.32. The maximum atomic E-state index is 4.69. The summed E-state index contributed by atoms with van der Waals surface area (Å²) in [4.78, 5) is 10.4. The Hall–Kier alpha value is -3.12. The number of nitrogens with one attached hydrogen (secondary N) is 2. The van der Waals surface area contributed by atoms with E-state index in [1.807, 2.05) is 30.3 Å². The lowest BCUT2D eigenvalue weighted by molar-refractivity contribution is 0.627. The number of fused-ring (bicyclic) bond motifs is 2. The monoisotopic (exact) mass is 412 g/mol. The van der Waals surface area contributed by atoms with Crippen LogP contribution in [0, 0.1) is 6.92 Å². The number of H-pyrrole nitrogens is 1. The zero-order chi connectivity index (χ0) is 20.9. The van der Waals surface area contributed by atoms with Crippen LogP contribution in [-0.4, -0.2) is 32.8 Å². The molecule has 0 saturated carbocycles. The first kappa shape index (κ1) is 18.6. The maximum absolute atomic E-state index is 4.69. The van der Waals surface area contributed by atoms with E-state index in [1.54, 1.807) is 0 Å². The number of hydrogen-bond donors (Lipinski definition) is 2. The molecule has 2 aliphatic heterocycles. The number of hydrogen-bond acceptors (Lipinski definition) is 4. The van der Waals surface area contributed by atoms with Crippen LogP contribution in [0.5, 0.6) is 0 Å². The van der Waals surface area contributed by atoms with Crippen LogP contribution in [0.4, 0.5) is 5.69 Å². The van der Waals surface area contributed by atoms with Crippen molar-refractivity contribution in [3.63, 3.8) is 0 Å². The van der Waals surface area contributed by atoms with E-state index in [0.717, 1.165) is 31.7 Å². The van der Waals surface area contributed by atoms with Crippen LogP contribution in [-0.2, 0) is 20.0 Å². The molecular formula is C25H28N6. The second kappa shape index (κ2) is 7.24. The Balaban J connectivity index is 1.46. The Bertz CT molecular complexity index is 1260. The fourth-order valence-electron chi connectivity index (χ4n) is 5.25. The van der Waals surface area contributed by atoms with Gasteiger partial charge in [-0.3, -0.25) is 4.68 Å². The summed E-state index contributed by atoms with van der Waals surface area (Å²) < 4.78 is 1.88. The van der Waals surface area contributed by atoms with Crippen LogP contribution in [0.1, 0.15) is 41.1 Å². The number of nitrogens with zero attached hydrogens (tertiary/aromatic N) is 4. The van der Waals surface area contributed by atoms with E-state index < -0.39 is 0 Å². The minimum absolute atomic E-state index is 0.462. The highest BCUT2D eigenvalue weighted by molar-refractivity contribution is 5.84. The first-order valence-corrected chi connectivity index (χ1v) is 11.2. The largest absolute Gasteiger partial charge is 0.364 e. The van der Waals surface area contributed by atoms with Gasteiger partial charge in [0.05, 0.1) is 11.9 Å². The van der Waals surface area contributed by atoms with Crippen LogP contribution in [0.3, 0.4) is 0 Å². The number of anilines is 1. The highest BCUT2D eigenvalue weighted by Crippen LogP contribution is 2.37. The summed E-state index contributed by atoms with van der Waals surface area (Å²) in [6.45, 7) is 5.21. The second-order valence-corrected chi connectivity index (χ2v) is 8.99.